The number of rotatable bonds is 0. The first kappa shape index (κ1) is 8.78. The monoisotopic (exact) mass is 197 g/mol. The van der Waals surface area contributed by atoms with Crippen LogP contribution in [-0.4, -0.2) is 11.4 Å². The predicted molar refractivity (Wildman–Crippen MR) is 63.3 cm³/mol. The fourth-order valence-electron chi connectivity index (χ4n) is 2.70. The molecular weight excluding hydrogens is 182 g/mol. The van der Waals surface area contributed by atoms with Crippen LogP contribution in [0.1, 0.15) is 31.0 Å². The van der Waals surface area contributed by atoms with E-state index >= 15 is 0 Å². The Morgan fingerprint density at radius 2 is 2.07 bits per heavy atom. The van der Waals surface area contributed by atoms with Crippen LogP contribution in [0.25, 0.3) is 5.70 Å². The molecule has 1 heteroatoms. The van der Waals surface area contributed by atoms with Gasteiger partial charge in [-0.25, -0.2) is 0 Å². The summed E-state index contributed by atoms with van der Waals surface area (Å²) < 4.78 is 0. The van der Waals surface area contributed by atoms with Gasteiger partial charge in [-0.1, -0.05) is 36.4 Å². The average molecular weight is 197 g/mol. The Kier molecular flexibility index (Phi) is 1.75. The minimum atomic E-state index is 0.524. The molecule has 1 nitrogen and oxygen atoms in total. The molecule has 0 amide bonds. The lowest BCUT2D eigenvalue weighted by atomic mass is 10.0. The van der Waals surface area contributed by atoms with Crippen LogP contribution < -0.4 is 0 Å². The molecule has 0 fully saturated rings. The summed E-state index contributed by atoms with van der Waals surface area (Å²) in [5, 5.41) is 0. The van der Waals surface area contributed by atoms with Gasteiger partial charge in [-0.2, -0.15) is 0 Å². The second kappa shape index (κ2) is 2.99. The maximum Gasteiger partial charge on any atom is 0.0524 e. The molecule has 1 atom stereocenters. The third-order valence-electron chi connectivity index (χ3n) is 3.46. The van der Waals surface area contributed by atoms with Gasteiger partial charge < -0.3 is 4.90 Å². The van der Waals surface area contributed by atoms with Crippen LogP contribution in [-0.2, 0) is 0 Å². The molecule has 0 saturated heterocycles. The molecule has 0 aliphatic carbocycles. The van der Waals surface area contributed by atoms with Crippen LogP contribution in [0.15, 0.2) is 42.0 Å². The van der Waals surface area contributed by atoms with Gasteiger partial charge in [0.2, 0.25) is 0 Å². The lowest BCUT2D eigenvalue weighted by molar-refractivity contribution is 0.365. The Morgan fingerprint density at radius 3 is 2.93 bits per heavy atom. The molecule has 0 bridgehead atoms. The second-order valence-corrected chi connectivity index (χ2v) is 4.35. The van der Waals surface area contributed by atoms with Crippen molar-refractivity contribution < 1.29 is 0 Å². The van der Waals surface area contributed by atoms with Crippen LogP contribution in [0, 0.1) is 0 Å². The predicted octanol–water partition coefficient (Wildman–Crippen LogP) is 3.36. The number of nitrogens with zero attached hydrogens (tertiary/aromatic N) is 1. The van der Waals surface area contributed by atoms with E-state index in [4.69, 9.17) is 0 Å². The number of fused-ring (bicyclic) bond motifs is 3. The van der Waals surface area contributed by atoms with E-state index in [1.807, 2.05) is 0 Å². The van der Waals surface area contributed by atoms with Gasteiger partial charge in [-0.3, -0.25) is 0 Å². The summed E-state index contributed by atoms with van der Waals surface area (Å²) in [6, 6.07) is 9.28. The van der Waals surface area contributed by atoms with Crippen molar-refractivity contribution in [1.82, 2.24) is 4.90 Å². The largest absolute Gasteiger partial charge is 0.360 e. The molecule has 2 heterocycles. The highest BCUT2D eigenvalue weighted by Crippen LogP contribution is 2.43. The van der Waals surface area contributed by atoms with Crippen molar-refractivity contribution in [3.05, 3.63) is 53.1 Å². The Hall–Kier alpha value is -1.50. The van der Waals surface area contributed by atoms with Gasteiger partial charge in [0.05, 0.1) is 6.04 Å². The van der Waals surface area contributed by atoms with E-state index in [-0.39, 0.29) is 0 Å². The number of allylic oxidation sites excluding steroid dienone is 2. The van der Waals surface area contributed by atoms with Gasteiger partial charge in [-0.15, -0.1) is 0 Å². The van der Waals surface area contributed by atoms with Gasteiger partial charge in [-0.05, 0) is 25.0 Å². The van der Waals surface area contributed by atoms with Crippen molar-refractivity contribution in [2.75, 3.05) is 6.54 Å². The first-order chi connectivity index (χ1) is 7.29. The highest BCUT2D eigenvalue weighted by molar-refractivity contribution is 5.76. The lowest BCUT2D eigenvalue weighted by Gasteiger charge is -2.28. The highest BCUT2D eigenvalue weighted by Gasteiger charge is 2.31. The highest BCUT2D eigenvalue weighted by atomic mass is 15.2. The van der Waals surface area contributed by atoms with E-state index in [9.17, 15) is 0 Å². The van der Waals surface area contributed by atoms with E-state index in [0.29, 0.717) is 6.04 Å². The smallest absolute Gasteiger partial charge is 0.0524 e. The van der Waals surface area contributed by atoms with Gasteiger partial charge in [0.25, 0.3) is 0 Å². The van der Waals surface area contributed by atoms with Gasteiger partial charge >= 0.3 is 0 Å². The van der Waals surface area contributed by atoms with E-state index < -0.39 is 0 Å². The van der Waals surface area contributed by atoms with Crippen molar-refractivity contribution >= 4 is 5.70 Å². The Bertz CT molecular complexity index is 468. The molecule has 0 radical (unpaired) electrons. The first-order valence-electron chi connectivity index (χ1n) is 5.52. The van der Waals surface area contributed by atoms with Gasteiger partial charge in [0.1, 0.15) is 0 Å². The Balaban J connectivity index is 2.27. The molecule has 0 aromatic heterocycles. The SMILES string of the molecule is CC1=C2c3ccccc3[C@@H](C)N2CC=C1. The van der Waals surface area contributed by atoms with Crippen LogP contribution in [0.2, 0.25) is 0 Å². The minimum absolute atomic E-state index is 0.524. The molecule has 1 aromatic rings. The summed E-state index contributed by atoms with van der Waals surface area (Å²) in [5.41, 5.74) is 5.71. The zero-order valence-electron chi connectivity index (χ0n) is 9.20. The molecule has 0 unspecified atom stereocenters. The summed E-state index contributed by atoms with van der Waals surface area (Å²) in [7, 11) is 0. The van der Waals surface area contributed by atoms with Crippen LogP contribution in [0.5, 0.6) is 0 Å². The van der Waals surface area contributed by atoms with Gasteiger partial charge in [0, 0.05) is 17.8 Å². The zero-order chi connectivity index (χ0) is 10.4. The average Bonchev–Trinajstić information content (AvgIpc) is 2.55. The first-order valence-corrected chi connectivity index (χ1v) is 5.52. The maximum absolute atomic E-state index is 2.49. The van der Waals surface area contributed by atoms with Crippen molar-refractivity contribution in [3.8, 4) is 0 Å². The van der Waals surface area contributed by atoms with Crippen molar-refractivity contribution in [2.24, 2.45) is 0 Å². The van der Waals surface area contributed by atoms with Crippen LogP contribution >= 0.6 is 0 Å². The third-order valence-corrected chi connectivity index (χ3v) is 3.46. The van der Waals surface area contributed by atoms with Crippen molar-refractivity contribution in [2.45, 2.75) is 19.9 Å². The molecule has 0 saturated carbocycles. The molecular formula is C14H15N. The molecule has 0 spiro atoms. The maximum atomic E-state index is 2.49. The zero-order valence-corrected chi connectivity index (χ0v) is 9.20. The minimum Gasteiger partial charge on any atom is -0.360 e. The number of hydrogen-bond acceptors (Lipinski definition) is 1. The van der Waals surface area contributed by atoms with Crippen molar-refractivity contribution in [3.63, 3.8) is 0 Å². The fraction of sp³-hybridized carbons (Fsp3) is 0.286. The summed E-state index contributed by atoms with van der Waals surface area (Å²) in [4.78, 5) is 2.49. The van der Waals surface area contributed by atoms with Gasteiger partial charge in [0.15, 0.2) is 0 Å². The van der Waals surface area contributed by atoms with Crippen LogP contribution in [0.3, 0.4) is 0 Å². The van der Waals surface area contributed by atoms with Crippen LogP contribution in [0.4, 0.5) is 0 Å². The normalized spacial score (nSPS) is 23.1. The number of hydrogen-bond donors (Lipinski definition) is 0. The molecule has 76 valence electrons. The Morgan fingerprint density at radius 1 is 1.27 bits per heavy atom. The van der Waals surface area contributed by atoms with Crippen molar-refractivity contribution in [1.29, 1.82) is 0 Å². The van der Waals surface area contributed by atoms with E-state index in [2.05, 4.69) is 55.2 Å². The third kappa shape index (κ3) is 1.09. The summed E-state index contributed by atoms with van der Waals surface area (Å²) in [5.74, 6) is 0. The lowest BCUT2D eigenvalue weighted by Crippen LogP contribution is -2.22. The molecule has 3 rings (SSSR count). The number of benzene rings is 1. The standard InChI is InChI=1S/C14H15N/c1-10-6-5-9-15-11(2)12-7-3-4-8-13(12)14(10)15/h3-8,11H,9H2,1-2H3/t11-/m1/s1. The quantitative estimate of drug-likeness (QED) is 0.616. The molecule has 1 aromatic carbocycles. The van der Waals surface area contributed by atoms with E-state index in [0.717, 1.165) is 6.54 Å². The molecule has 2 aliphatic heterocycles. The topological polar surface area (TPSA) is 3.24 Å². The summed E-state index contributed by atoms with van der Waals surface area (Å²) in [6.07, 6.45) is 4.49. The Labute approximate surface area is 90.7 Å². The summed E-state index contributed by atoms with van der Waals surface area (Å²) in [6.45, 7) is 5.54. The molecule has 2 aliphatic rings. The molecule has 0 N–H and O–H groups in total. The van der Waals surface area contributed by atoms with E-state index in [1.54, 1.807) is 0 Å². The summed E-state index contributed by atoms with van der Waals surface area (Å²) >= 11 is 0. The van der Waals surface area contributed by atoms with E-state index in [1.165, 1.54) is 22.4 Å². The molecule has 15 heavy (non-hydrogen) atoms. The fourth-order valence-corrected chi connectivity index (χ4v) is 2.70. The second-order valence-electron chi connectivity index (χ2n) is 4.35.